The van der Waals surface area contributed by atoms with Gasteiger partial charge in [0.25, 0.3) is 0 Å². The fourth-order valence-electron chi connectivity index (χ4n) is 2.69. The Morgan fingerprint density at radius 1 is 1.35 bits per heavy atom. The van der Waals surface area contributed by atoms with Crippen LogP contribution < -0.4 is 5.32 Å². The van der Waals surface area contributed by atoms with Crippen LogP contribution in [0, 0.1) is 12.8 Å². The maximum Gasteiger partial charge on any atom is 0.0453 e. The summed E-state index contributed by atoms with van der Waals surface area (Å²) in [4.78, 5) is 0. The van der Waals surface area contributed by atoms with Crippen LogP contribution in [-0.2, 0) is 6.54 Å². The molecule has 0 bridgehead atoms. The van der Waals surface area contributed by atoms with Crippen molar-refractivity contribution in [2.75, 3.05) is 0 Å². The number of aryl methyl sites for hydroxylation is 1. The standard InChI is InChI=1S/C15H22ClN/c1-11-7-8-14(15(16)9-11)10-17-12(2)13-5-3-4-6-13/h7-9,12-13,17H,3-6,10H2,1-2H3/t12-/m1/s1. The van der Waals surface area contributed by atoms with Crippen LogP contribution in [0.5, 0.6) is 0 Å². The fraction of sp³-hybridized carbons (Fsp3) is 0.600. The molecule has 94 valence electrons. The van der Waals surface area contributed by atoms with Crippen LogP contribution in [0.1, 0.15) is 43.7 Å². The van der Waals surface area contributed by atoms with Gasteiger partial charge in [-0.15, -0.1) is 0 Å². The summed E-state index contributed by atoms with van der Waals surface area (Å²) >= 11 is 6.23. The second-order valence-corrected chi connectivity index (χ2v) is 5.72. The highest BCUT2D eigenvalue weighted by Crippen LogP contribution is 2.28. The third kappa shape index (κ3) is 3.46. The fourth-order valence-corrected chi connectivity index (χ4v) is 2.99. The van der Waals surface area contributed by atoms with E-state index in [1.165, 1.54) is 36.8 Å². The smallest absolute Gasteiger partial charge is 0.0453 e. The van der Waals surface area contributed by atoms with Crippen LogP contribution in [-0.4, -0.2) is 6.04 Å². The molecule has 0 spiro atoms. The van der Waals surface area contributed by atoms with Crippen molar-refractivity contribution in [3.05, 3.63) is 34.3 Å². The van der Waals surface area contributed by atoms with Gasteiger partial charge in [0.05, 0.1) is 0 Å². The molecular formula is C15H22ClN. The van der Waals surface area contributed by atoms with E-state index in [2.05, 4.69) is 31.3 Å². The number of nitrogens with one attached hydrogen (secondary N) is 1. The molecule has 1 saturated carbocycles. The quantitative estimate of drug-likeness (QED) is 0.841. The number of hydrogen-bond donors (Lipinski definition) is 1. The summed E-state index contributed by atoms with van der Waals surface area (Å²) in [7, 11) is 0. The largest absolute Gasteiger partial charge is 0.310 e. The zero-order valence-corrected chi connectivity index (χ0v) is 11.6. The van der Waals surface area contributed by atoms with Crippen molar-refractivity contribution >= 4 is 11.6 Å². The van der Waals surface area contributed by atoms with Gasteiger partial charge in [0, 0.05) is 17.6 Å². The first-order valence-electron chi connectivity index (χ1n) is 6.65. The topological polar surface area (TPSA) is 12.0 Å². The Kier molecular flexibility index (Phi) is 4.47. The summed E-state index contributed by atoms with van der Waals surface area (Å²) in [5.74, 6) is 0.860. The Balaban J connectivity index is 1.88. The Labute approximate surface area is 110 Å². The highest BCUT2D eigenvalue weighted by atomic mass is 35.5. The average molecular weight is 252 g/mol. The summed E-state index contributed by atoms with van der Waals surface area (Å²) in [5.41, 5.74) is 2.43. The number of halogens is 1. The SMILES string of the molecule is Cc1ccc(CN[C@H](C)C2CCCC2)c(Cl)c1. The van der Waals surface area contributed by atoms with Crippen molar-refractivity contribution in [3.8, 4) is 0 Å². The van der Waals surface area contributed by atoms with E-state index in [0.717, 1.165) is 17.5 Å². The molecule has 0 saturated heterocycles. The van der Waals surface area contributed by atoms with Gasteiger partial charge >= 0.3 is 0 Å². The molecule has 1 fully saturated rings. The minimum Gasteiger partial charge on any atom is -0.310 e. The third-order valence-corrected chi connectivity index (χ3v) is 4.28. The molecule has 1 nitrogen and oxygen atoms in total. The van der Waals surface area contributed by atoms with E-state index in [1.54, 1.807) is 0 Å². The zero-order valence-electron chi connectivity index (χ0n) is 10.8. The summed E-state index contributed by atoms with van der Waals surface area (Å²) < 4.78 is 0. The highest BCUT2D eigenvalue weighted by molar-refractivity contribution is 6.31. The van der Waals surface area contributed by atoms with Crippen molar-refractivity contribution in [2.45, 2.75) is 52.1 Å². The molecule has 2 rings (SSSR count). The molecule has 1 N–H and O–H groups in total. The van der Waals surface area contributed by atoms with Gasteiger partial charge in [-0.2, -0.15) is 0 Å². The lowest BCUT2D eigenvalue weighted by Crippen LogP contribution is -2.31. The minimum absolute atomic E-state index is 0.606. The monoisotopic (exact) mass is 251 g/mol. The van der Waals surface area contributed by atoms with Crippen LogP contribution >= 0.6 is 11.6 Å². The van der Waals surface area contributed by atoms with Crippen LogP contribution in [0.2, 0.25) is 5.02 Å². The Morgan fingerprint density at radius 3 is 2.71 bits per heavy atom. The lowest BCUT2D eigenvalue weighted by Gasteiger charge is -2.20. The van der Waals surface area contributed by atoms with Crippen molar-refractivity contribution in [3.63, 3.8) is 0 Å². The highest BCUT2D eigenvalue weighted by Gasteiger charge is 2.20. The molecule has 1 aliphatic carbocycles. The van der Waals surface area contributed by atoms with Crippen LogP contribution in [0.15, 0.2) is 18.2 Å². The normalized spacial score (nSPS) is 18.5. The van der Waals surface area contributed by atoms with Gasteiger partial charge in [0.2, 0.25) is 0 Å². The maximum absolute atomic E-state index is 6.23. The maximum atomic E-state index is 6.23. The van der Waals surface area contributed by atoms with E-state index in [4.69, 9.17) is 11.6 Å². The van der Waals surface area contributed by atoms with E-state index in [0.29, 0.717) is 6.04 Å². The van der Waals surface area contributed by atoms with E-state index < -0.39 is 0 Å². The van der Waals surface area contributed by atoms with Gasteiger partial charge in [0.1, 0.15) is 0 Å². The minimum atomic E-state index is 0.606. The lowest BCUT2D eigenvalue weighted by atomic mass is 9.99. The third-order valence-electron chi connectivity index (χ3n) is 3.93. The summed E-state index contributed by atoms with van der Waals surface area (Å²) in [6.45, 7) is 5.26. The van der Waals surface area contributed by atoms with Crippen LogP contribution in [0.3, 0.4) is 0 Å². The summed E-state index contributed by atoms with van der Waals surface area (Å²) in [6.07, 6.45) is 5.58. The van der Waals surface area contributed by atoms with Gasteiger partial charge in [0.15, 0.2) is 0 Å². The first-order chi connectivity index (χ1) is 8.16. The molecule has 0 amide bonds. The molecule has 0 aromatic heterocycles. The predicted molar refractivity (Wildman–Crippen MR) is 74.4 cm³/mol. The van der Waals surface area contributed by atoms with Crippen molar-refractivity contribution in [2.24, 2.45) is 5.92 Å². The number of rotatable bonds is 4. The number of benzene rings is 1. The molecule has 1 aromatic carbocycles. The first kappa shape index (κ1) is 12.9. The second kappa shape index (κ2) is 5.88. The summed E-state index contributed by atoms with van der Waals surface area (Å²) in [6, 6.07) is 6.91. The Morgan fingerprint density at radius 2 is 2.06 bits per heavy atom. The van der Waals surface area contributed by atoms with Gasteiger partial charge in [-0.05, 0) is 49.8 Å². The second-order valence-electron chi connectivity index (χ2n) is 5.31. The van der Waals surface area contributed by atoms with Gasteiger partial charge in [-0.1, -0.05) is 36.6 Å². The zero-order chi connectivity index (χ0) is 12.3. The molecule has 1 aliphatic rings. The molecular weight excluding hydrogens is 230 g/mol. The Hall–Kier alpha value is -0.530. The Bertz CT molecular complexity index is 369. The molecule has 2 heteroatoms. The lowest BCUT2D eigenvalue weighted by molar-refractivity contribution is 0.380. The van der Waals surface area contributed by atoms with Gasteiger partial charge < -0.3 is 5.32 Å². The van der Waals surface area contributed by atoms with Crippen molar-refractivity contribution < 1.29 is 0 Å². The van der Waals surface area contributed by atoms with E-state index in [-0.39, 0.29) is 0 Å². The van der Waals surface area contributed by atoms with Crippen LogP contribution in [0.4, 0.5) is 0 Å². The molecule has 0 unspecified atom stereocenters. The van der Waals surface area contributed by atoms with Crippen molar-refractivity contribution in [1.29, 1.82) is 0 Å². The molecule has 1 aromatic rings. The molecule has 1 atom stereocenters. The molecule has 0 heterocycles. The van der Waals surface area contributed by atoms with Gasteiger partial charge in [-0.25, -0.2) is 0 Å². The molecule has 0 aliphatic heterocycles. The van der Waals surface area contributed by atoms with Crippen molar-refractivity contribution in [1.82, 2.24) is 5.32 Å². The van der Waals surface area contributed by atoms with E-state index in [1.807, 2.05) is 6.07 Å². The summed E-state index contributed by atoms with van der Waals surface area (Å²) in [5, 5.41) is 4.50. The van der Waals surface area contributed by atoms with E-state index in [9.17, 15) is 0 Å². The average Bonchev–Trinajstić information content (AvgIpc) is 2.81. The van der Waals surface area contributed by atoms with E-state index >= 15 is 0 Å². The molecule has 17 heavy (non-hydrogen) atoms. The predicted octanol–water partition coefficient (Wildman–Crippen LogP) is 4.32. The first-order valence-corrected chi connectivity index (χ1v) is 7.03. The van der Waals surface area contributed by atoms with Gasteiger partial charge in [-0.3, -0.25) is 0 Å². The van der Waals surface area contributed by atoms with Crippen LogP contribution in [0.25, 0.3) is 0 Å². The number of hydrogen-bond acceptors (Lipinski definition) is 1. The molecule has 0 radical (unpaired) electrons.